The van der Waals surface area contributed by atoms with Crippen molar-refractivity contribution in [3.63, 3.8) is 0 Å². The van der Waals surface area contributed by atoms with Crippen LogP contribution in [0.5, 0.6) is 0 Å². The van der Waals surface area contributed by atoms with Gasteiger partial charge < -0.3 is 4.98 Å². The van der Waals surface area contributed by atoms with Crippen molar-refractivity contribution in [3.05, 3.63) is 28.8 Å². The summed E-state index contributed by atoms with van der Waals surface area (Å²) in [7, 11) is 0. The summed E-state index contributed by atoms with van der Waals surface area (Å²) in [4.78, 5) is 5.48. The summed E-state index contributed by atoms with van der Waals surface area (Å²) in [5, 5.41) is 3.13. The lowest BCUT2D eigenvalue weighted by Gasteiger charge is -2.17. The normalized spacial score (nSPS) is 9.06. The van der Waals surface area contributed by atoms with Gasteiger partial charge in [0.25, 0.3) is 0 Å². The largest absolute Gasteiger partial charge is 0.347 e. The summed E-state index contributed by atoms with van der Waals surface area (Å²) in [5.74, 6) is 0.732. The second kappa shape index (κ2) is 6.61. The zero-order valence-electron chi connectivity index (χ0n) is 7.69. The van der Waals surface area contributed by atoms with E-state index in [0.29, 0.717) is 4.32 Å². The summed E-state index contributed by atoms with van der Waals surface area (Å²) >= 11 is 15.0. The van der Waals surface area contributed by atoms with Crippen molar-refractivity contribution < 1.29 is 0 Å². The predicted molar refractivity (Wildman–Crippen MR) is 77.3 cm³/mol. The van der Waals surface area contributed by atoms with Gasteiger partial charge in [-0.25, -0.2) is 9.73 Å². The number of thiol groups is 1. The number of nitrogens with one attached hydrogen (secondary N) is 2. The van der Waals surface area contributed by atoms with Crippen LogP contribution in [-0.4, -0.2) is 13.6 Å². The van der Waals surface area contributed by atoms with Gasteiger partial charge in [-0.2, -0.15) is 4.91 Å². The van der Waals surface area contributed by atoms with Gasteiger partial charge in [-0.3, -0.25) is 0 Å². The zero-order chi connectivity index (χ0) is 12.0. The highest BCUT2D eigenvalue weighted by Gasteiger charge is 2.15. The van der Waals surface area contributed by atoms with Gasteiger partial charge in [-0.1, -0.05) is 12.2 Å². The van der Waals surface area contributed by atoms with Crippen molar-refractivity contribution >= 4 is 63.5 Å². The molecule has 0 aromatic carbocycles. The first-order chi connectivity index (χ1) is 7.65. The van der Waals surface area contributed by atoms with E-state index in [1.165, 1.54) is 0 Å². The van der Waals surface area contributed by atoms with Crippen LogP contribution in [0.3, 0.4) is 0 Å². The Kier molecular flexibility index (Phi) is 5.43. The fourth-order valence-corrected chi connectivity index (χ4v) is 2.05. The average Bonchev–Trinajstić information content (AvgIpc) is 2.75. The van der Waals surface area contributed by atoms with Crippen LogP contribution in [0, 0.1) is 0 Å². The first kappa shape index (κ1) is 13.1. The molecule has 1 rings (SSSR count). The van der Waals surface area contributed by atoms with Crippen molar-refractivity contribution in [3.8, 4) is 0 Å². The summed E-state index contributed by atoms with van der Waals surface area (Å²) in [6.07, 6.45) is 1.75. The molecule has 1 aromatic heterocycles. The minimum Gasteiger partial charge on any atom is -0.347 e. The first-order valence-corrected chi connectivity index (χ1v) is 5.87. The van der Waals surface area contributed by atoms with E-state index in [0.717, 1.165) is 17.8 Å². The van der Waals surface area contributed by atoms with Gasteiger partial charge in [-0.15, -0.1) is 18.2 Å². The van der Waals surface area contributed by atoms with E-state index in [2.05, 4.69) is 33.2 Å². The number of hydrogen-bond donors (Lipinski definition) is 3. The summed E-state index contributed by atoms with van der Waals surface area (Å²) in [5.41, 5.74) is 10.4. The van der Waals surface area contributed by atoms with E-state index in [4.69, 9.17) is 30.0 Å². The summed E-state index contributed by atoms with van der Waals surface area (Å²) in [6.45, 7) is 0. The van der Waals surface area contributed by atoms with Crippen LogP contribution < -0.4 is 9.73 Å². The quantitative estimate of drug-likeness (QED) is 0.148. The Balaban J connectivity index is 2.70. The van der Waals surface area contributed by atoms with Crippen LogP contribution in [0.25, 0.3) is 10.4 Å². The molecule has 0 aliphatic rings. The third-order valence-electron chi connectivity index (χ3n) is 1.33. The molecule has 1 aromatic rings. The molecule has 0 atom stereocenters. The number of thiocarbonyl (C=S) groups is 2. The van der Waals surface area contributed by atoms with E-state index in [1.807, 2.05) is 12.1 Å². The molecule has 84 valence electrons. The topological polar surface area (TPSA) is 79.8 Å². The summed E-state index contributed by atoms with van der Waals surface area (Å²) in [6, 6.07) is 3.63. The smallest absolute Gasteiger partial charge is 0.249 e. The van der Waals surface area contributed by atoms with Crippen molar-refractivity contribution in [2.24, 2.45) is 5.22 Å². The molecule has 0 unspecified atom stereocenters. The van der Waals surface area contributed by atoms with Gasteiger partial charge in [-0.05, 0) is 29.6 Å². The van der Waals surface area contributed by atoms with Gasteiger partial charge in [0.15, 0.2) is 0 Å². The lowest BCUT2D eigenvalue weighted by molar-refractivity contribution is 1.04. The predicted octanol–water partition coefficient (Wildman–Crippen LogP) is 2.78. The Bertz CT molecular complexity index is 422. The molecule has 0 aliphatic heterocycles. The zero-order valence-corrected chi connectivity index (χ0v) is 11.0. The van der Waals surface area contributed by atoms with Crippen LogP contribution in [-0.2, 0) is 0 Å². The number of anilines is 1. The Morgan fingerprint density at radius 1 is 1.69 bits per heavy atom. The molecular weight excluding hydrogens is 284 g/mol. The molecule has 0 bridgehead atoms. The molecule has 0 fully saturated rings. The molecular formula is C6H6N6S4. The van der Waals surface area contributed by atoms with Crippen LogP contribution in [0.1, 0.15) is 0 Å². The van der Waals surface area contributed by atoms with Crippen molar-refractivity contribution in [1.82, 2.24) is 10.4 Å². The highest BCUT2D eigenvalue weighted by Crippen LogP contribution is 2.23. The fourth-order valence-electron chi connectivity index (χ4n) is 0.805. The lowest BCUT2D eigenvalue weighted by atomic mass is 10.6. The molecule has 16 heavy (non-hydrogen) atoms. The fraction of sp³-hybridized carbons (Fsp3) is 0. The second-order valence-corrected chi connectivity index (χ2v) is 5.05. The molecule has 0 aliphatic carbocycles. The number of rotatable bonds is 2. The van der Waals surface area contributed by atoms with Gasteiger partial charge in [0.05, 0.1) is 11.9 Å². The Morgan fingerprint density at radius 2 is 2.44 bits per heavy atom. The van der Waals surface area contributed by atoms with Gasteiger partial charge >= 0.3 is 0 Å². The number of H-pyrrole nitrogens is 1. The molecule has 0 radical (unpaired) electrons. The third-order valence-corrected chi connectivity index (χ3v) is 3.10. The van der Waals surface area contributed by atoms with Gasteiger partial charge in [0.2, 0.25) is 4.32 Å². The Labute approximate surface area is 112 Å². The van der Waals surface area contributed by atoms with Crippen molar-refractivity contribution in [2.45, 2.75) is 0 Å². The number of hydrogen-bond acceptors (Lipinski definition) is 4. The van der Waals surface area contributed by atoms with E-state index in [1.54, 1.807) is 10.5 Å². The molecule has 10 heteroatoms. The van der Waals surface area contributed by atoms with Crippen molar-refractivity contribution in [1.29, 1.82) is 0 Å². The standard InChI is InChI=1S/C6H6N6S4/c7-10-11-9-5(13)16-12(6(14)15)4-2-1-3-8-4/h1-3,8H,(H,9,13)(H,14,15). The van der Waals surface area contributed by atoms with E-state index in [-0.39, 0.29) is 4.32 Å². The SMILES string of the molecule is [N-]=[N+]=NNC(=S)SN(C(=S)S)c1ccc[nH]1. The lowest BCUT2D eigenvalue weighted by Crippen LogP contribution is -2.23. The minimum absolute atomic E-state index is 0.267. The van der Waals surface area contributed by atoms with Crippen LogP contribution in [0.4, 0.5) is 5.82 Å². The number of nitrogens with zero attached hydrogens (tertiary/aromatic N) is 4. The number of azide groups is 1. The molecule has 1 heterocycles. The third kappa shape index (κ3) is 3.91. The molecule has 6 nitrogen and oxygen atoms in total. The first-order valence-electron chi connectivity index (χ1n) is 3.83. The molecule has 0 saturated heterocycles. The molecule has 0 amide bonds. The number of aromatic nitrogens is 1. The Morgan fingerprint density at radius 3 is 2.94 bits per heavy atom. The van der Waals surface area contributed by atoms with Crippen LogP contribution >= 0.6 is 49.0 Å². The van der Waals surface area contributed by atoms with Crippen molar-refractivity contribution in [2.75, 3.05) is 4.31 Å². The molecule has 2 N–H and O–H groups in total. The van der Waals surface area contributed by atoms with Crippen LogP contribution in [0.2, 0.25) is 0 Å². The van der Waals surface area contributed by atoms with E-state index >= 15 is 0 Å². The van der Waals surface area contributed by atoms with Gasteiger partial charge in [0, 0.05) is 6.20 Å². The van der Waals surface area contributed by atoms with Gasteiger partial charge in [0.1, 0.15) is 10.1 Å². The maximum absolute atomic E-state index is 8.11. The van der Waals surface area contributed by atoms with E-state index in [9.17, 15) is 0 Å². The second-order valence-electron chi connectivity index (χ2n) is 2.31. The highest BCUT2D eigenvalue weighted by atomic mass is 32.2. The summed E-state index contributed by atoms with van der Waals surface area (Å²) < 4.78 is 2.18. The van der Waals surface area contributed by atoms with Crippen LogP contribution in [0.15, 0.2) is 23.6 Å². The number of aromatic amines is 1. The average molecular weight is 290 g/mol. The maximum atomic E-state index is 8.11. The molecule has 0 spiro atoms. The highest BCUT2D eigenvalue weighted by molar-refractivity contribution is 8.26. The molecule has 0 saturated carbocycles. The minimum atomic E-state index is 0.267. The monoisotopic (exact) mass is 290 g/mol. The maximum Gasteiger partial charge on any atom is 0.249 e. The Hall–Kier alpha value is -0.930. The van der Waals surface area contributed by atoms with E-state index < -0.39 is 0 Å².